The molecule has 1 heterocycles. The first-order chi connectivity index (χ1) is 13.8. The van der Waals surface area contributed by atoms with Crippen molar-refractivity contribution in [2.75, 3.05) is 6.61 Å². The Hall–Kier alpha value is -2.74. The first-order valence-corrected chi connectivity index (χ1v) is 10.1. The molecule has 3 aromatic rings. The highest BCUT2D eigenvalue weighted by atomic mass is 32.2. The molecule has 0 fully saturated rings. The van der Waals surface area contributed by atoms with Crippen LogP contribution in [0.2, 0.25) is 0 Å². The molecule has 8 heteroatoms. The van der Waals surface area contributed by atoms with E-state index in [1.165, 1.54) is 17.8 Å². The van der Waals surface area contributed by atoms with Crippen LogP contribution < -0.4 is 0 Å². The van der Waals surface area contributed by atoms with Gasteiger partial charge in [-0.3, -0.25) is 4.79 Å². The molecule has 5 nitrogen and oxygen atoms in total. The van der Waals surface area contributed by atoms with Crippen molar-refractivity contribution >= 4 is 34.5 Å². The number of fused-ring (bicyclic) bond motifs is 1. The maximum atomic E-state index is 13.5. The zero-order chi connectivity index (χ0) is 21.1. The standard InChI is InChI=1S/C21H20F2N2O3S/c1-4-25-18-9-7-14(20(27)28-5-2)11-17(18)24-21(25)29-12(3)19(26)13-6-8-15(22)16(23)10-13/h6-12H,4-5H2,1-3H3/t12-/m0/s1. The van der Waals surface area contributed by atoms with Crippen LogP contribution in [0.15, 0.2) is 41.6 Å². The van der Waals surface area contributed by atoms with E-state index in [0.29, 0.717) is 22.8 Å². The number of aryl methyl sites for hydroxylation is 1. The lowest BCUT2D eigenvalue weighted by Gasteiger charge is -2.11. The molecule has 0 aliphatic rings. The Bertz CT molecular complexity index is 1080. The van der Waals surface area contributed by atoms with Gasteiger partial charge in [-0.2, -0.15) is 0 Å². The normalized spacial score (nSPS) is 12.2. The number of rotatable bonds is 7. The van der Waals surface area contributed by atoms with Gasteiger partial charge in [-0.25, -0.2) is 18.6 Å². The van der Waals surface area contributed by atoms with Crippen molar-refractivity contribution in [2.45, 2.75) is 37.7 Å². The van der Waals surface area contributed by atoms with E-state index < -0.39 is 22.9 Å². The minimum atomic E-state index is -1.06. The van der Waals surface area contributed by atoms with Crippen molar-refractivity contribution in [3.05, 3.63) is 59.2 Å². The van der Waals surface area contributed by atoms with E-state index in [9.17, 15) is 18.4 Å². The highest BCUT2D eigenvalue weighted by Crippen LogP contribution is 2.29. The number of aromatic nitrogens is 2. The summed E-state index contributed by atoms with van der Waals surface area (Å²) < 4.78 is 33.5. The summed E-state index contributed by atoms with van der Waals surface area (Å²) in [5, 5.41) is 0.0402. The maximum Gasteiger partial charge on any atom is 0.338 e. The summed E-state index contributed by atoms with van der Waals surface area (Å²) in [4.78, 5) is 29.2. The van der Waals surface area contributed by atoms with Crippen molar-refractivity contribution in [1.82, 2.24) is 9.55 Å². The molecule has 3 rings (SSSR count). The predicted octanol–water partition coefficient (Wildman–Crippen LogP) is 4.87. The van der Waals surface area contributed by atoms with Crippen LogP contribution in [-0.2, 0) is 11.3 Å². The molecule has 2 aromatic carbocycles. The molecule has 0 radical (unpaired) electrons. The molecule has 0 saturated heterocycles. The molecule has 1 atom stereocenters. The Kier molecular flexibility index (Phi) is 6.32. The van der Waals surface area contributed by atoms with Gasteiger partial charge in [0, 0.05) is 12.1 Å². The number of ketones is 1. The van der Waals surface area contributed by atoms with Gasteiger partial charge in [0.15, 0.2) is 22.6 Å². The van der Waals surface area contributed by atoms with E-state index in [1.807, 2.05) is 11.5 Å². The predicted molar refractivity (Wildman–Crippen MR) is 107 cm³/mol. The first-order valence-electron chi connectivity index (χ1n) is 9.19. The van der Waals surface area contributed by atoms with Gasteiger partial charge in [0.25, 0.3) is 0 Å². The lowest BCUT2D eigenvalue weighted by molar-refractivity contribution is 0.0526. The molecule has 152 valence electrons. The van der Waals surface area contributed by atoms with E-state index in [2.05, 4.69) is 4.98 Å². The average Bonchev–Trinajstić information content (AvgIpc) is 3.05. The summed E-state index contributed by atoms with van der Waals surface area (Å²) in [6.07, 6.45) is 0. The number of benzene rings is 2. The minimum Gasteiger partial charge on any atom is -0.462 e. The number of ether oxygens (including phenoxy) is 1. The summed E-state index contributed by atoms with van der Waals surface area (Å²) in [5.41, 5.74) is 1.96. The van der Waals surface area contributed by atoms with Gasteiger partial charge in [-0.05, 0) is 57.2 Å². The number of Topliss-reactive ketones (excluding diaryl/α,β-unsaturated/α-hetero) is 1. The van der Waals surface area contributed by atoms with Crippen LogP contribution in [0.3, 0.4) is 0 Å². The van der Waals surface area contributed by atoms with Crippen LogP contribution >= 0.6 is 11.8 Å². The number of halogens is 2. The third kappa shape index (κ3) is 4.32. The number of imidazole rings is 1. The van der Waals surface area contributed by atoms with Gasteiger partial charge < -0.3 is 9.30 Å². The Morgan fingerprint density at radius 1 is 1.10 bits per heavy atom. The molecule has 0 N–H and O–H groups in total. The van der Waals surface area contributed by atoms with E-state index in [-0.39, 0.29) is 18.0 Å². The maximum absolute atomic E-state index is 13.5. The van der Waals surface area contributed by atoms with Crippen LogP contribution in [0.5, 0.6) is 0 Å². The van der Waals surface area contributed by atoms with E-state index >= 15 is 0 Å². The number of esters is 1. The number of nitrogens with zero attached hydrogens (tertiary/aromatic N) is 2. The Labute approximate surface area is 171 Å². The lowest BCUT2D eigenvalue weighted by Crippen LogP contribution is -2.15. The van der Waals surface area contributed by atoms with Crippen molar-refractivity contribution in [2.24, 2.45) is 0 Å². The molecule has 0 saturated carbocycles. The molecule has 1 aromatic heterocycles. The summed E-state index contributed by atoms with van der Waals surface area (Å²) >= 11 is 1.23. The van der Waals surface area contributed by atoms with Gasteiger partial charge in [0.1, 0.15) is 0 Å². The molecule has 29 heavy (non-hydrogen) atoms. The average molecular weight is 418 g/mol. The molecule has 0 bridgehead atoms. The lowest BCUT2D eigenvalue weighted by atomic mass is 10.1. The number of thioether (sulfide) groups is 1. The largest absolute Gasteiger partial charge is 0.462 e. The fourth-order valence-electron chi connectivity index (χ4n) is 2.94. The summed E-state index contributed by atoms with van der Waals surface area (Å²) in [6.45, 7) is 6.28. The molecule has 0 aliphatic heterocycles. The number of hydrogen-bond acceptors (Lipinski definition) is 5. The molecular weight excluding hydrogens is 398 g/mol. The number of hydrogen-bond donors (Lipinski definition) is 0. The summed E-state index contributed by atoms with van der Waals surface area (Å²) in [6, 6.07) is 8.25. The van der Waals surface area contributed by atoms with Crippen LogP contribution in [0.4, 0.5) is 8.78 Å². The second-order valence-corrected chi connectivity index (χ2v) is 7.62. The third-order valence-electron chi connectivity index (χ3n) is 4.40. The molecular formula is C21H20F2N2O3S. The van der Waals surface area contributed by atoms with E-state index in [4.69, 9.17) is 4.74 Å². The number of carbonyl (C=O) groups excluding carboxylic acids is 2. The fourth-order valence-corrected chi connectivity index (χ4v) is 4.01. The molecule has 0 aliphatic carbocycles. The van der Waals surface area contributed by atoms with E-state index in [1.54, 1.807) is 32.0 Å². The number of carbonyl (C=O) groups is 2. The SMILES string of the molecule is CCOC(=O)c1ccc2c(c1)nc(S[C@@H](C)C(=O)c1ccc(F)c(F)c1)n2CC. The summed E-state index contributed by atoms with van der Waals surface area (Å²) in [7, 11) is 0. The van der Waals surface area contributed by atoms with Gasteiger partial charge in [-0.1, -0.05) is 11.8 Å². The van der Waals surface area contributed by atoms with Gasteiger partial charge in [0.2, 0.25) is 0 Å². The van der Waals surface area contributed by atoms with Crippen molar-refractivity contribution < 1.29 is 23.1 Å². The zero-order valence-corrected chi connectivity index (χ0v) is 17.1. The van der Waals surface area contributed by atoms with Crippen LogP contribution in [0.1, 0.15) is 41.5 Å². The topological polar surface area (TPSA) is 61.2 Å². The van der Waals surface area contributed by atoms with Gasteiger partial charge >= 0.3 is 5.97 Å². The van der Waals surface area contributed by atoms with Crippen molar-refractivity contribution in [3.63, 3.8) is 0 Å². The zero-order valence-electron chi connectivity index (χ0n) is 16.2. The highest BCUT2D eigenvalue weighted by molar-refractivity contribution is 8.00. The molecule has 0 amide bonds. The minimum absolute atomic E-state index is 0.104. The quantitative estimate of drug-likeness (QED) is 0.311. The monoisotopic (exact) mass is 418 g/mol. The Balaban J connectivity index is 1.89. The second kappa shape index (κ2) is 8.73. The first kappa shape index (κ1) is 21.0. The third-order valence-corrected chi connectivity index (χ3v) is 5.49. The second-order valence-electron chi connectivity index (χ2n) is 6.32. The van der Waals surface area contributed by atoms with Crippen LogP contribution in [0.25, 0.3) is 11.0 Å². The van der Waals surface area contributed by atoms with E-state index in [0.717, 1.165) is 17.6 Å². The molecule has 0 spiro atoms. The van der Waals surface area contributed by atoms with Gasteiger partial charge in [0.05, 0.1) is 28.5 Å². The van der Waals surface area contributed by atoms with Crippen molar-refractivity contribution in [3.8, 4) is 0 Å². The molecule has 0 unspecified atom stereocenters. The fraction of sp³-hybridized carbons (Fsp3) is 0.286. The Morgan fingerprint density at radius 2 is 1.83 bits per heavy atom. The highest BCUT2D eigenvalue weighted by Gasteiger charge is 2.22. The smallest absolute Gasteiger partial charge is 0.338 e. The van der Waals surface area contributed by atoms with Gasteiger partial charge in [-0.15, -0.1) is 0 Å². The van der Waals surface area contributed by atoms with Crippen molar-refractivity contribution in [1.29, 1.82) is 0 Å². The summed E-state index contributed by atoms with van der Waals surface area (Å²) in [5.74, 6) is -2.79. The van der Waals surface area contributed by atoms with Crippen LogP contribution in [-0.4, -0.2) is 33.2 Å². The Morgan fingerprint density at radius 3 is 2.48 bits per heavy atom. The van der Waals surface area contributed by atoms with Crippen LogP contribution in [0, 0.1) is 11.6 Å².